The highest BCUT2D eigenvalue weighted by molar-refractivity contribution is 5.95. The van der Waals surface area contributed by atoms with Gasteiger partial charge in [-0.3, -0.25) is 14.9 Å². The van der Waals surface area contributed by atoms with Gasteiger partial charge < -0.3 is 19.6 Å². The molecule has 0 amide bonds. The second-order valence-electron chi connectivity index (χ2n) is 9.57. The molecule has 0 spiro atoms. The summed E-state index contributed by atoms with van der Waals surface area (Å²) < 4.78 is 6.38. The number of aromatic nitrogens is 2. The molecule has 2 aliphatic heterocycles. The molecule has 35 heavy (non-hydrogen) atoms. The minimum Gasteiger partial charge on any atom is -0.390 e. The van der Waals surface area contributed by atoms with Gasteiger partial charge in [0, 0.05) is 61.4 Å². The standard InChI is InChI=1S/C27H32N6O2/c1-19-11-23(12-22(17-34)30-19)32-10-4-9-31(18-32)15-24-16-33(14-20(2)35-24)26-7-6-21(13-28)27-25(26)5-3-8-29-27/h3,5-8,11-12,20,24,34H,4,9-10,14-18H2,1-2H3/t20-,24+/m1/s1. The van der Waals surface area contributed by atoms with E-state index in [1.54, 1.807) is 6.20 Å². The molecule has 2 aromatic heterocycles. The van der Waals surface area contributed by atoms with Gasteiger partial charge in [0.15, 0.2) is 0 Å². The number of benzene rings is 1. The zero-order valence-electron chi connectivity index (χ0n) is 20.4. The number of aliphatic hydroxyl groups is 1. The number of morpholine rings is 1. The van der Waals surface area contributed by atoms with Gasteiger partial charge in [0.25, 0.3) is 0 Å². The molecule has 2 fully saturated rings. The second kappa shape index (κ2) is 10.2. The highest BCUT2D eigenvalue weighted by atomic mass is 16.5. The molecule has 1 N–H and O–H groups in total. The van der Waals surface area contributed by atoms with Crippen LogP contribution in [0, 0.1) is 18.3 Å². The molecular formula is C27H32N6O2. The fourth-order valence-corrected chi connectivity index (χ4v) is 5.36. The average Bonchev–Trinajstić information content (AvgIpc) is 2.87. The number of rotatable bonds is 5. The maximum atomic E-state index is 9.56. The summed E-state index contributed by atoms with van der Waals surface area (Å²) >= 11 is 0. The normalized spacial score (nSPS) is 21.3. The van der Waals surface area contributed by atoms with Gasteiger partial charge in [0.1, 0.15) is 6.07 Å². The van der Waals surface area contributed by atoms with Crippen LogP contribution in [0.4, 0.5) is 11.4 Å². The summed E-state index contributed by atoms with van der Waals surface area (Å²) in [6.45, 7) is 9.34. The van der Waals surface area contributed by atoms with Crippen molar-refractivity contribution in [2.75, 3.05) is 49.2 Å². The van der Waals surface area contributed by atoms with Crippen LogP contribution in [-0.2, 0) is 11.3 Å². The molecule has 0 bridgehead atoms. The molecule has 1 aromatic carbocycles. The third-order valence-electron chi connectivity index (χ3n) is 6.79. The summed E-state index contributed by atoms with van der Waals surface area (Å²) in [4.78, 5) is 16.1. The minimum atomic E-state index is -0.0462. The lowest BCUT2D eigenvalue weighted by molar-refractivity contribution is -0.0336. The van der Waals surface area contributed by atoms with E-state index < -0.39 is 0 Å². The van der Waals surface area contributed by atoms with Crippen molar-refractivity contribution in [1.82, 2.24) is 14.9 Å². The third-order valence-corrected chi connectivity index (χ3v) is 6.79. The molecule has 0 unspecified atom stereocenters. The smallest absolute Gasteiger partial charge is 0.101 e. The van der Waals surface area contributed by atoms with Crippen LogP contribution in [0.25, 0.3) is 10.9 Å². The first-order valence-corrected chi connectivity index (χ1v) is 12.3. The summed E-state index contributed by atoms with van der Waals surface area (Å²) in [5.74, 6) is 0. The molecule has 2 saturated heterocycles. The van der Waals surface area contributed by atoms with E-state index in [1.165, 1.54) is 0 Å². The van der Waals surface area contributed by atoms with Crippen molar-refractivity contribution < 1.29 is 9.84 Å². The highest BCUT2D eigenvalue weighted by Crippen LogP contribution is 2.30. The Labute approximate surface area is 206 Å². The Morgan fingerprint density at radius 3 is 2.89 bits per heavy atom. The molecule has 0 radical (unpaired) electrons. The van der Waals surface area contributed by atoms with E-state index in [9.17, 15) is 10.4 Å². The van der Waals surface area contributed by atoms with Crippen molar-refractivity contribution in [3.63, 3.8) is 0 Å². The first kappa shape index (κ1) is 23.5. The summed E-state index contributed by atoms with van der Waals surface area (Å²) in [5, 5.41) is 20.1. The topological polar surface area (TPSA) is 88.8 Å². The highest BCUT2D eigenvalue weighted by Gasteiger charge is 2.29. The SMILES string of the molecule is Cc1cc(N2CCCN(C[C@H]3CN(c4ccc(C#N)c5ncccc45)C[C@@H](C)O3)C2)cc(CO)n1. The van der Waals surface area contributed by atoms with Crippen molar-refractivity contribution in [3.8, 4) is 6.07 Å². The van der Waals surface area contributed by atoms with Crippen molar-refractivity contribution in [2.45, 2.75) is 39.1 Å². The quantitative estimate of drug-likeness (QED) is 0.606. The number of aryl methyl sites for hydroxylation is 1. The molecular weight excluding hydrogens is 440 g/mol. The van der Waals surface area contributed by atoms with E-state index >= 15 is 0 Å². The molecule has 8 nitrogen and oxygen atoms in total. The van der Waals surface area contributed by atoms with Gasteiger partial charge in [0.2, 0.25) is 0 Å². The Kier molecular flexibility index (Phi) is 6.82. The van der Waals surface area contributed by atoms with E-state index in [2.05, 4.69) is 43.7 Å². The van der Waals surface area contributed by atoms with Crippen LogP contribution in [0.1, 0.15) is 30.3 Å². The van der Waals surface area contributed by atoms with Crippen LogP contribution in [0.5, 0.6) is 0 Å². The summed E-state index contributed by atoms with van der Waals surface area (Å²) in [6, 6.07) is 14.2. The molecule has 3 aromatic rings. The van der Waals surface area contributed by atoms with Gasteiger partial charge in [-0.1, -0.05) is 0 Å². The number of ether oxygens (including phenoxy) is 1. The van der Waals surface area contributed by atoms with Gasteiger partial charge in [-0.25, -0.2) is 0 Å². The van der Waals surface area contributed by atoms with Gasteiger partial charge in [-0.05, 0) is 56.7 Å². The molecule has 182 valence electrons. The average molecular weight is 473 g/mol. The minimum absolute atomic E-state index is 0.0462. The number of pyridine rings is 2. The number of anilines is 2. The van der Waals surface area contributed by atoms with Crippen molar-refractivity contribution in [3.05, 3.63) is 59.5 Å². The molecule has 4 heterocycles. The Bertz CT molecular complexity index is 1240. The molecule has 2 aliphatic rings. The van der Waals surface area contributed by atoms with Crippen LogP contribution in [0.15, 0.2) is 42.6 Å². The largest absolute Gasteiger partial charge is 0.390 e. The first-order chi connectivity index (χ1) is 17.0. The molecule has 8 heteroatoms. The fraction of sp³-hybridized carbons (Fsp3) is 0.444. The van der Waals surface area contributed by atoms with Gasteiger partial charge in [-0.15, -0.1) is 0 Å². The summed E-state index contributed by atoms with van der Waals surface area (Å²) in [6.07, 6.45) is 3.00. The summed E-state index contributed by atoms with van der Waals surface area (Å²) in [7, 11) is 0. The Morgan fingerprint density at radius 2 is 2.06 bits per heavy atom. The van der Waals surface area contributed by atoms with E-state index in [1.807, 2.05) is 37.3 Å². The van der Waals surface area contributed by atoms with Crippen molar-refractivity contribution in [2.24, 2.45) is 0 Å². The molecule has 0 saturated carbocycles. The van der Waals surface area contributed by atoms with E-state index in [0.29, 0.717) is 11.3 Å². The van der Waals surface area contributed by atoms with Gasteiger partial charge in [0.05, 0.1) is 42.3 Å². The number of aliphatic hydroxyl groups excluding tert-OH is 1. The number of hydrogen-bond donors (Lipinski definition) is 1. The molecule has 5 rings (SSSR count). The number of hydrogen-bond acceptors (Lipinski definition) is 8. The Hall–Kier alpha value is -3.25. The monoisotopic (exact) mass is 472 g/mol. The lowest BCUT2D eigenvalue weighted by atomic mass is 10.1. The van der Waals surface area contributed by atoms with Gasteiger partial charge in [-0.2, -0.15) is 5.26 Å². The Morgan fingerprint density at radius 1 is 1.17 bits per heavy atom. The number of nitriles is 1. The maximum Gasteiger partial charge on any atom is 0.101 e. The lowest BCUT2D eigenvalue weighted by Gasteiger charge is -2.43. The van der Waals surface area contributed by atoms with E-state index in [0.717, 1.165) is 73.8 Å². The number of fused-ring (bicyclic) bond motifs is 1. The van der Waals surface area contributed by atoms with Crippen molar-refractivity contribution in [1.29, 1.82) is 5.26 Å². The number of nitrogens with zero attached hydrogens (tertiary/aromatic N) is 6. The second-order valence-corrected chi connectivity index (χ2v) is 9.57. The predicted molar refractivity (Wildman–Crippen MR) is 136 cm³/mol. The molecule has 0 aliphatic carbocycles. The van der Waals surface area contributed by atoms with Gasteiger partial charge >= 0.3 is 0 Å². The zero-order valence-corrected chi connectivity index (χ0v) is 20.4. The van der Waals surface area contributed by atoms with Crippen molar-refractivity contribution >= 4 is 22.3 Å². The maximum absolute atomic E-state index is 9.56. The van der Waals surface area contributed by atoms with E-state index in [-0.39, 0.29) is 18.8 Å². The van der Waals surface area contributed by atoms with Crippen LogP contribution in [0.3, 0.4) is 0 Å². The van der Waals surface area contributed by atoms with Crippen LogP contribution in [-0.4, -0.2) is 71.6 Å². The fourth-order valence-electron chi connectivity index (χ4n) is 5.36. The van der Waals surface area contributed by atoms with Crippen LogP contribution >= 0.6 is 0 Å². The molecule has 2 atom stereocenters. The zero-order chi connectivity index (χ0) is 24.4. The first-order valence-electron chi connectivity index (χ1n) is 12.3. The Balaban J connectivity index is 1.31. The van der Waals surface area contributed by atoms with Crippen LogP contribution in [0.2, 0.25) is 0 Å². The van der Waals surface area contributed by atoms with Crippen LogP contribution < -0.4 is 9.80 Å². The third kappa shape index (κ3) is 5.08. The summed E-state index contributed by atoms with van der Waals surface area (Å²) in [5.41, 5.74) is 5.21. The lowest BCUT2D eigenvalue weighted by Crippen LogP contribution is -2.54. The van der Waals surface area contributed by atoms with E-state index in [4.69, 9.17) is 4.74 Å². The predicted octanol–water partition coefficient (Wildman–Crippen LogP) is 3.07.